The molecule has 24 heavy (non-hydrogen) atoms. The zero-order valence-electron chi connectivity index (χ0n) is 12.8. The number of hydrogen-bond acceptors (Lipinski definition) is 7. The van der Waals surface area contributed by atoms with Gasteiger partial charge in [-0.15, -0.1) is 10.2 Å². The van der Waals surface area contributed by atoms with E-state index in [0.29, 0.717) is 10.9 Å². The van der Waals surface area contributed by atoms with Crippen molar-refractivity contribution in [3.8, 4) is 0 Å². The topological polar surface area (TPSA) is 98.0 Å². The van der Waals surface area contributed by atoms with E-state index >= 15 is 0 Å². The number of amides is 1. The normalized spacial score (nSPS) is 14.7. The van der Waals surface area contributed by atoms with Gasteiger partial charge in [-0.05, 0) is 18.4 Å². The highest BCUT2D eigenvalue weighted by Crippen LogP contribution is 2.31. The summed E-state index contributed by atoms with van der Waals surface area (Å²) in [6.45, 7) is 0. The Bertz CT molecular complexity index is 744. The van der Waals surface area contributed by atoms with Gasteiger partial charge in [0, 0.05) is 23.8 Å². The Morgan fingerprint density at radius 2 is 2.17 bits per heavy atom. The molecule has 0 unspecified atom stereocenters. The number of nitro groups is 1. The van der Waals surface area contributed by atoms with Crippen LogP contribution in [0.5, 0.6) is 0 Å². The second-order valence-corrected chi connectivity index (χ2v) is 7.76. The first kappa shape index (κ1) is 16.8. The predicted octanol–water partition coefficient (Wildman–Crippen LogP) is 3.87. The molecule has 0 atom stereocenters. The summed E-state index contributed by atoms with van der Waals surface area (Å²) in [5, 5.41) is 22.2. The fourth-order valence-corrected chi connectivity index (χ4v) is 4.32. The number of nitro benzene ring substituents is 1. The van der Waals surface area contributed by atoms with E-state index in [0.717, 1.165) is 35.6 Å². The van der Waals surface area contributed by atoms with Crippen molar-refractivity contribution in [2.75, 3.05) is 5.32 Å². The van der Waals surface area contributed by atoms with Crippen LogP contribution in [-0.2, 0) is 10.5 Å². The molecule has 1 fully saturated rings. The van der Waals surface area contributed by atoms with Gasteiger partial charge in [-0.3, -0.25) is 14.9 Å². The minimum absolute atomic E-state index is 0.0267. The number of benzene rings is 1. The van der Waals surface area contributed by atoms with Crippen LogP contribution < -0.4 is 5.32 Å². The number of anilines is 1. The Morgan fingerprint density at radius 3 is 2.92 bits per heavy atom. The van der Waals surface area contributed by atoms with E-state index in [1.54, 1.807) is 12.1 Å². The molecule has 2 aromatic rings. The number of aromatic nitrogens is 2. The average molecular weight is 364 g/mol. The summed E-state index contributed by atoms with van der Waals surface area (Å²) < 4.78 is 0.725. The first-order chi connectivity index (χ1) is 11.6. The molecule has 0 aliphatic heterocycles. The van der Waals surface area contributed by atoms with E-state index in [4.69, 9.17) is 0 Å². The highest BCUT2D eigenvalue weighted by atomic mass is 32.2. The van der Waals surface area contributed by atoms with E-state index in [1.165, 1.54) is 29.2 Å². The fourth-order valence-electron chi connectivity index (χ4n) is 2.62. The second kappa shape index (κ2) is 7.71. The van der Waals surface area contributed by atoms with Crippen LogP contribution >= 0.6 is 23.1 Å². The van der Waals surface area contributed by atoms with E-state index in [9.17, 15) is 14.9 Å². The zero-order valence-corrected chi connectivity index (χ0v) is 14.4. The maximum atomic E-state index is 12.1. The monoisotopic (exact) mass is 364 g/mol. The van der Waals surface area contributed by atoms with Crippen LogP contribution in [-0.4, -0.2) is 21.0 Å². The van der Waals surface area contributed by atoms with Gasteiger partial charge in [0.15, 0.2) is 4.34 Å². The average Bonchev–Trinajstić information content (AvgIpc) is 3.25. The van der Waals surface area contributed by atoms with Crippen LogP contribution in [0.25, 0.3) is 0 Å². The summed E-state index contributed by atoms with van der Waals surface area (Å²) in [5.74, 6) is 0.682. The molecule has 3 rings (SSSR count). The van der Waals surface area contributed by atoms with Gasteiger partial charge in [-0.25, -0.2) is 0 Å². The molecule has 1 heterocycles. The van der Waals surface area contributed by atoms with E-state index in [-0.39, 0.29) is 17.5 Å². The molecular formula is C15H16N4O3S2. The third-order valence-corrected chi connectivity index (χ3v) is 5.89. The molecule has 126 valence electrons. The van der Waals surface area contributed by atoms with Gasteiger partial charge < -0.3 is 5.32 Å². The van der Waals surface area contributed by atoms with Gasteiger partial charge in [0.1, 0.15) is 0 Å². The van der Waals surface area contributed by atoms with Crippen molar-refractivity contribution < 1.29 is 9.72 Å². The fraction of sp³-hybridized carbons (Fsp3) is 0.400. The van der Waals surface area contributed by atoms with Crippen molar-refractivity contribution in [3.05, 3.63) is 39.9 Å². The molecule has 0 radical (unpaired) electrons. The SMILES string of the molecule is O=C(Nc1nnc(SCc2cccc([N+](=O)[O-])c2)s1)C1CCCC1. The number of carbonyl (C=O) groups is 1. The van der Waals surface area contributed by atoms with E-state index in [1.807, 2.05) is 6.07 Å². The molecule has 7 nitrogen and oxygen atoms in total. The number of nitrogens with zero attached hydrogens (tertiary/aromatic N) is 3. The van der Waals surface area contributed by atoms with Gasteiger partial charge >= 0.3 is 0 Å². The number of carbonyl (C=O) groups excluding carboxylic acids is 1. The second-order valence-electron chi connectivity index (χ2n) is 5.56. The van der Waals surface area contributed by atoms with Crippen molar-refractivity contribution in [3.63, 3.8) is 0 Å². The van der Waals surface area contributed by atoms with Crippen LogP contribution in [0, 0.1) is 16.0 Å². The lowest BCUT2D eigenvalue weighted by Crippen LogP contribution is -2.20. The third-order valence-electron chi connectivity index (χ3n) is 3.85. The predicted molar refractivity (Wildman–Crippen MR) is 93.2 cm³/mol. The molecule has 1 saturated carbocycles. The molecule has 1 amide bonds. The molecule has 1 N–H and O–H groups in total. The van der Waals surface area contributed by atoms with Crippen LogP contribution in [0.3, 0.4) is 0 Å². The van der Waals surface area contributed by atoms with Crippen LogP contribution in [0.4, 0.5) is 10.8 Å². The summed E-state index contributed by atoms with van der Waals surface area (Å²) in [6, 6.07) is 6.53. The lowest BCUT2D eigenvalue weighted by atomic mass is 10.1. The van der Waals surface area contributed by atoms with Crippen molar-refractivity contribution >= 4 is 39.8 Å². The number of non-ortho nitro benzene ring substituents is 1. The first-order valence-electron chi connectivity index (χ1n) is 7.62. The Hall–Kier alpha value is -2.00. The lowest BCUT2D eigenvalue weighted by Gasteiger charge is -2.06. The molecule has 9 heteroatoms. The summed E-state index contributed by atoms with van der Waals surface area (Å²) >= 11 is 2.77. The molecule has 1 aliphatic carbocycles. The van der Waals surface area contributed by atoms with Crippen molar-refractivity contribution in [2.24, 2.45) is 5.92 Å². The van der Waals surface area contributed by atoms with E-state index < -0.39 is 4.92 Å². The van der Waals surface area contributed by atoms with Gasteiger partial charge in [-0.1, -0.05) is 48.1 Å². The highest BCUT2D eigenvalue weighted by molar-refractivity contribution is 8.00. The van der Waals surface area contributed by atoms with Gasteiger partial charge in [0.05, 0.1) is 4.92 Å². The Morgan fingerprint density at radius 1 is 1.38 bits per heavy atom. The number of thioether (sulfide) groups is 1. The number of rotatable bonds is 6. The smallest absolute Gasteiger partial charge is 0.269 e. The molecule has 0 bridgehead atoms. The molecule has 1 aromatic carbocycles. The zero-order chi connectivity index (χ0) is 16.9. The number of nitrogens with one attached hydrogen (secondary N) is 1. The highest BCUT2D eigenvalue weighted by Gasteiger charge is 2.23. The summed E-state index contributed by atoms with van der Waals surface area (Å²) in [7, 11) is 0. The van der Waals surface area contributed by atoms with E-state index in [2.05, 4.69) is 15.5 Å². The quantitative estimate of drug-likeness (QED) is 0.362. The molecule has 0 saturated heterocycles. The largest absolute Gasteiger partial charge is 0.300 e. The Labute approximate surface area is 147 Å². The molecule has 0 spiro atoms. The van der Waals surface area contributed by atoms with Crippen molar-refractivity contribution in [1.82, 2.24) is 10.2 Å². The first-order valence-corrected chi connectivity index (χ1v) is 9.42. The minimum atomic E-state index is -0.407. The number of hydrogen-bond donors (Lipinski definition) is 1. The molecule has 1 aliphatic rings. The van der Waals surface area contributed by atoms with Gasteiger partial charge in [0.25, 0.3) is 5.69 Å². The van der Waals surface area contributed by atoms with Gasteiger partial charge in [0.2, 0.25) is 11.0 Å². The summed E-state index contributed by atoms with van der Waals surface area (Å²) in [5.41, 5.74) is 0.927. The molecule has 1 aromatic heterocycles. The minimum Gasteiger partial charge on any atom is -0.300 e. The standard InChI is InChI=1S/C15H16N4O3S2/c20-13(11-5-1-2-6-11)16-14-17-18-15(24-14)23-9-10-4-3-7-12(8-10)19(21)22/h3-4,7-8,11H,1-2,5-6,9H2,(H,16,17,20). The van der Waals surface area contributed by atoms with Crippen LogP contribution in [0.15, 0.2) is 28.6 Å². The third kappa shape index (κ3) is 4.30. The van der Waals surface area contributed by atoms with Crippen molar-refractivity contribution in [1.29, 1.82) is 0 Å². The summed E-state index contributed by atoms with van der Waals surface area (Å²) in [4.78, 5) is 22.4. The van der Waals surface area contributed by atoms with Gasteiger partial charge in [-0.2, -0.15) is 0 Å². The maximum Gasteiger partial charge on any atom is 0.269 e. The van der Waals surface area contributed by atoms with Crippen LogP contribution in [0.2, 0.25) is 0 Å². The molecular weight excluding hydrogens is 348 g/mol. The Balaban J connectivity index is 1.55. The van der Waals surface area contributed by atoms with Crippen LogP contribution in [0.1, 0.15) is 31.2 Å². The maximum absolute atomic E-state index is 12.1. The Kier molecular flexibility index (Phi) is 5.41. The summed E-state index contributed by atoms with van der Waals surface area (Å²) in [6.07, 6.45) is 4.11. The van der Waals surface area contributed by atoms with Crippen molar-refractivity contribution in [2.45, 2.75) is 35.8 Å². The lowest BCUT2D eigenvalue weighted by molar-refractivity contribution is -0.384.